The van der Waals surface area contributed by atoms with E-state index in [2.05, 4.69) is 5.32 Å². The average Bonchev–Trinajstić information content (AvgIpc) is 2.83. The Morgan fingerprint density at radius 3 is 2.12 bits per heavy atom. The van der Waals surface area contributed by atoms with Crippen LogP contribution in [0.4, 0.5) is 10.1 Å². The summed E-state index contributed by atoms with van der Waals surface area (Å²) in [6, 6.07) is 15.5. The van der Waals surface area contributed by atoms with Crippen molar-refractivity contribution in [1.29, 1.82) is 0 Å². The SMILES string of the molecule is CCOc1ccc(Oc2cc3c(cc2NC(=O)c2ccccc2F)n(C)c(=O)c(=O)n3C)cc1. The number of fused-ring (bicyclic) bond motifs is 1. The molecule has 8 nitrogen and oxygen atoms in total. The van der Waals surface area contributed by atoms with E-state index < -0.39 is 22.8 Å². The van der Waals surface area contributed by atoms with Crippen LogP contribution in [0.3, 0.4) is 0 Å². The summed E-state index contributed by atoms with van der Waals surface area (Å²) in [5, 5.41) is 2.66. The third kappa shape index (κ3) is 4.27. The number of nitrogens with one attached hydrogen (secondary N) is 1. The van der Waals surface area contributed by atoms with Crippen LogP contribution in [-0.4, -0.2) is 21.6 Å². The third-order valence-corrected chi connectivity index (χ3v) is 5.32. The zero-order chi connectivity index (χ0) is 24.4. The van der Waals surface area contributed by atoms with E-state index in [1.165, 1.54) is 47.5 Å². The number of amides is 1. The molecule has 0 aliphatic carbocycles. The number of nitrogens with zero attached hydrogens (tertiary/aromatic N) is 2. The molecular weight excluding hydrogens is 441 g/mol. The summed E-state index contributed by atoms with van der Waals surface area (Å²) in [5.41, 5.74) is -0.578. The molecule has 0 saturated heterocycles. The van der Waals surface area contributed by atoms with Crippen molar-refractivity contribution in [2.24, 2.45) is 14.1 Å². The van der Waals surface area contributed by atoms with Gasteiger partial charge in [-0.05, 0) is 49.4 Å². The van der Waals surface area contributed by atoms with E-state index in [1.54, 1.807) is 36.4 Å². The second kappa shape index (κ2) is 9.22. The van der Waals surface area contributed by atoms with Crippen molar-refractivity contribution >= 4 is 22.6 Å². The summed E-state index contributed by atoms with van der Waals surface area (Å²) >= 11 is 0. The number of carbonyl (C=O) groups excluding carboxylic acids is 1. The quantitative estimate of drug-likeness (QED) is 0.439. The van der Waals surface area contributed by atoms with Gasteiger partial charge < -0.3 is 23.9 Å². The Kier molecular flexibility index (Phi) is 6.18. The van der Waals surface area contributed by atoms with Gasteiger partial charge in [0.25, 0.3) is 5.91 Å². The van der Waals surface area contributed by atoms with Crippen LogP contribution in [0.15, 0.2) is 70.3 Å². The number of anilines is 1. The maximum absolute atomic E-state index is 14.2. The largest absolute Gasteiger partial charge is 0.494 e. The first-order valence-corrected chi connectivity index (χ1v) is 10.5. The van der Waals surface area contributed by atoms with Crippen LogP contribution in [-0.2, 0) is 14.1 Å². The zero-order valence-electron chi connectivity index (χ0n) is 18.8. The molecule has 0 radical (unpaired) electrons. The maximum atomic E-state index is 14.2. The van der Waals surface area contributed by atoms with Crippen LogP contribution in [0, 0.1) is 5.82 Å². The van der Waals surface area contributed by atoms with E-state index in [-0.39, 0.29) is 17.0 Å². The fourth-order valence-corrected chi connectivity index (χ4v) is 3.52. The fraction of sp³-hybridized carbons (Fsp3) is 0.160. The lowest BCUT2D eigenvalue weighted by Crippen LogP contribution is -2.39. The minimum atomic E-state index is -0.721. The molecule has 0 atom stereocenters. The van der Waals surface area contributed by atoms with Gasteiger partial charge in [-0.15, -0.1) is 0 Å². The normalized spacial score (nSPS) is 10.8. The van der Waals surface area contributed by atoms with Crippen molar-refractivity contribution in [3.63, 3.8) is 0 Å². The number of rotatable bonds is 6. The van der Waals surface area contributed by atoms with Gasteiger partial charge in [0, 0.05) is 20.2 Å². The molecule has 174 valence electrons. The molecule has 0 aliphatic rings. The topological polar surface area (TPSA) is 91.6 Å². The molecule has 0 saturated carbocycles. The molecule has 0 spiro atoms. The number of ether oxygens (including phenoxy) is 2. The highest BCUT2D eigenvalue weighted by molar-refractivity contribution is 6.06. The van der Waals surface area contributed by atoms with E-state index in [4.69, 9.17) is 9.47 Å². The summed E-state index contributed by atoms with van der Waals surface area (Å²) in [7, 11) is 2.94. The Hall–Kier alpha value is -4.40. The molecule has 1 aromatic heterocycles. The van der Waals surface area contributed by atoms with Crippen molar-refractivity contribution in [3.8, 4) is 17.2 Å². The molecule has 1 amide bonds. The number of aromatic nitrogens is 2. The zero-order valence-corrected chi connectivity index (χ0v) is 18.8. The predicted molar refractivity (Wildman–Crippen MR) is 126 cm³/mol. The maximum Gasteiger partial charge on any atom is 0.316 e. The molecule has 3 aromatic carbocycles. The third-order valence-electron chi connectivity index (χ3n) is 5.32. The predicted octanol–water partition coefficient (Wildman–Crippen LogP) is 3.82. The van der Waals surface area contributed by atoms with E-state index in [0.717, 1.165) is 0 Å². The van der Waals surface area contributed by atoms with Crippen molar-refractivity contribution in [3.05, 3.63) is 92.8 Å². The van der Waals surface area contributed by atoms with Crippen molar-refractivity contribution in [2.75, 3.05) is 11.9 Å². The molecule has 4 rings (SSSR count). The van der Waals surface area contributed by atoms with E-state index in [1.807, 2.05) is 6.92 Å². The molecule has 34 heavy (non-hydrogen) atoms. The lowest BCUT2D eigenvalue weighted by molar-refractivity contribution is 0.102. The molecular formula is C25H22FN3O5. The van der Waals surface area contributed by atoms with Crippen LogP contribution in [0.5, 0.6) is 17.2 Å². The summed E-state index contributed by atoms with van der Waals surface area (Å²) in [6.07, 6.45) is 0. The minimum Gasteiger partial charge on any atom is -0.494 e. The first-order chi connectivity index (χ1) is 16.3. The summed E-state index contributed by atoms with van der Waals surface area (Å²) in [6.45, 7) is 2.39. The van der Waals surface area contributed by atoms with Gasteiger partial charge in [0.05, 0.1) is 28.9 Å². The van der Waals surface area contributed by atoms with Crippen molar-refractivity contribution < 1.29 is 18.7 Å². The minimum absolute atomic E-state index is 0.149. The second-order valence-electron chi connectivity index (χ2n) is 7.51. The first kappa shape index (κ1) is 22.8. The van der Waals surface area contributed by atoms with Gasteiger partial charge in [-0.3, -0.25) is 14.4 Å². The van der Waals surface area contributed by atoms with Gasteiger partial charge in [0.1, 0.15) is 17.3 Å². The Labute approximate surface area is 193 Å². The number of hydrogen-bond acceptors (Lipinski definition) is 5. The van der Waals surface area contributed by atoms with Crippen LogP contribution >= 0.6 is 0 Å². The Morgan fingerprint density at radius 2 is 1.50 bits per heavy atom. The number of carbonyl (C=O) groups is 1. The van der Waals surface area contributed by atoms with E-state index in [0.29, 0.717) is 29.1 Å². The van der Waals surface area contributed by atoms with Gasteiger partial charge in [0.2, 0.25) is 0 Å². The molecule has 0 unspecified atom stereocenters. The molecule has 0 bridgehead atoms. The number of hydrogen-bond donors (Lipinski definition) is 1. The molecule has 0 fully saturated rings. The summed E-state index contributed by atoms with van der Waals surface area (Å²) in [4.78, 5) is 37.5. The van der Waals surface area contributed by atoms with Crippen LogP contribution in [0.1, 0.15) is 17.3 Å². The summed E-state index contributed by atoms with van der Waals surface area (Å²) < 4.78 is 28.0. The Balaban J connectivity index is 1.84. The fourth-order valence-electron chi connectivity index (χ4n) is 3.52. The molecule has 4 aromatic rings. The highest BCUT2D eigenvalue weighted by Gasteiger charge is 2.18. The van der Waals surface area contributed by atoms with E-state index in [9.17, 15) is 18.8 Å². The molecule has 1 N–H and O–H groups in total. The highest BCUT2D eigenvalue weighted by atomic mass is 19.1. The lowest BCUT2D eigenvalue weighted by atomic mass is 10.1. The average molecular weight is 463 g/mol. The smallest absolute Gasteiger partial charge is 0.316 e. The van der Waals surface area contributed by atoms with Gasteiger partial charge >= 0.3 is 11.1 Å². The van der Waals surface area contributed by atoms with Crippen molar-refractivity contribution in [2.45, 2.75) is 6.92 Å². The monoisotopic (exact) mass is 463 g/mol. The van der Waals surface area contributed by atoms with Gasteiger partial charge in [-0.2, -0.15) is 0 Å². The van der Waals surface area contributed by atoms with E-state index >= 15 is 0 Å². The Morgan fingerprint density at radius 1 is 0.912 bits per heavy atom. The van der Waals surface area contributed by atoms with Crippen LogP contribution in [0.2, 0.25) is 0 Å². The Bertz CT molecular complexity index is 1510. The molecule has 0 aliphatic heterocycles. The molecule has 1 heterocycles. The lowest BCUT2D eigenvalue weighted by Gasteiger charge is -2.17. The number of aryl methyl sites for hydroxylation is 2. The van der Waals surface area contributed by atoms with Crippen LogP contribution < -0.4 is 25.9 Å². The van der Waals surface area contributed by atoms with Crippen molar-refractivity contribution in [1.82, 2.24) is 9.13 Å². The molecule has 9 heteroatoms. The number of halogens is 1. The highest BCUT2D eigenvalue weighted by Crippen LogP contribution is 2.34. The van der Waals surface area contributed by atoms with Gasteiger partial charge in [0.15, 0.2) is 5.75 Å². The van der Waals surface area contributed by atoms with Gasteiger partial charge in [-0.25, -0.2) is 4.39 Å². The second-order valence-corrected chi connectivity index (χ2v) is 7.51. The summed E-state index contributed by atoms with van der Waals surface area (Å²) in [5.74, 6) is -0.0544. The standard InChI is InChI=1S/C25H22FN3O5/c1-4-33-15-9-11-16(12-10-15)34-22-14-21-20(28(2)24(31)25(32)29(21)3)13-19(22)27-23(30)17-7-5-6-8-18(17)26/h5-14H,4H2,1-3H3,(H,27,30). The first-order valence-electron chi connectivity index (χ1n) is 10.5. The number of benzene rings is 3. The van der Waals surface area contributed by atoms with Gasteiger partial charge in [-0.1, -0.05) is 12.1 Å². The van der Waals surface area contributed by atoms with Crippen LogP contribution in [0.25, 0.3) is 11.0 Å².